The summed E-state index contributed by atoms with van der Waals surface area (Å²) < 4.78 is 12.6. The number of ether oxygens (including phenoxy) is 2. The van der Waals surface area contributed by atoms with Crippen LogP contribution in [0.2, 0.25) is 0 Å². The summed E-state index contributed by atoms with van der Waals surface area (Å²) in [5.74, 6) is -0.480. The smallest absolute Gasteiger partial charge is 0.338 e. The fourth-order valence-electron chi connectivity index (χ4n) is 2.93. The van der Waals surface area contributed by atoms with Crippen molar-refractivity contribution in [2.24, 2.45) is 0 Å². The van der Waals surface area contributed by atoms with E-state index in [0.717, 1.165) is 0 Å². The Labute approximate surface area is 147 Å². The summed E-state index contributed by atoms with van der Waals surface area (Å²) in [7, 11) is 0. The van der Waals surface area contributed by atoms with Crippen LogP contribution in [-0.2, 0) is 9.47 Å². The third-order valence-corrected chi connectivity index (χ3v) is 4.27. The van der Waals surface area contributed by atoms with Crippen LogP contribution in [0.5, 0.6) is 0 Å². The summed E-state index contributed by atoms with van der Waals surface area (Å²) >= 11 is 0. The van der Waals surface area contributed by atoms with Crippen LogP contribution in [0.15, 0.2) is 47.8 Å². The van der Waals surface area contributed by atoms with Gasteiger partial charge in [0.05, 0.1) is 24.3 Å². The van der Waals surface area contributed by atoms with Crippen molar-refractivity contribution in [1.29, 1.82) is 0 Å². The maximum absolute atomic E-state index is 12.0. The van der Waals surface area contributed by atoms with Crippen LogP contribution >= 0.6 is 0 Å². The number of nitrogens with zero attached hydrogens (tertiary/aromatic N) is 3. The molecular weight excluding hydrogens is 340 g/mol. The van der Waals surface area contributed by atoms with Crippen molar-refractivity contribution in [3.63, 3.8) is 0 Å². The number of hydrogen-bond donors (Lipinski definition) is 2. The maximum Gasteiger partial charge on any atom is 0.338 e. The summed E-state index contributed by atoms with van der Waals surface area (Å²) in [6.45, 7) is -0.0773. The summed E-state index contributed by atoms with van der Waals surface area (Å²) in [4.78, 5) is 34.3. The van der Waals surface area contributed by atoms with Crippen molar-refractivity contribution in [2.75, 3.05) is 6.61 Å². The molecule has 0 unspecified atom stereocenters. The number of aromatic amines is 1. The molecule has 1 aliphatic rings. The van der Waals surface area contributed by atoms with Crippen LogP contribution in [0.1, 0.15) is 23.0 Å². The number of benzene rings is 1. The highest BCUT2D eigenvalue weighted by Crippen LogP contribution is 2.30. The van der Waals surface area contributed by atoms with E-state index >= 15 is 0 Å². The molecule has 2 aromatic heterocycles. The van der Waals surface area contributed by atoms with Gasteiger partial charge in [-0.05, 0) is 12.1 Å². The van der Waals surface area contributed by atoms with E-state index in [1.54, 1.807) is 34.9 Å². The number of hydrogen-bond acceptors (Lipinski definition) is 7. The van der Waals surface area contributed by atoms with Gasteiger partial charge in [0.25, 0.3) is 5.56 Å². The Balaban J connectivity index is 1.45. The fraction of sp³-hybridized carbons (Fsp3) is 0.294. The van der Waals surface area contributed by atoms with Gasteiger partial charge in [0.15, 0.2) is 11.2 Å². The van der Waals surface area contributed by atoms with Crippen LogP contribution in [0.4, 0.5) is 0 Å². The fourth-order valence-corrected chi connectivity index (χ4v) is 2.93. The number of aliphatic hydroxyl groups excluding tert-OH is 1. The highest BCUT2D eigenvalue weighted by atomic mass is 16.6. The van der Waals surface area contributed by atoms with Gasteiger partial charge in [-0.1, -0.05) is 18.2 Å². The van der Waals surface area contributed by atoms with E-state index in [4.69, 9.17) is 9.47 Å². The van der Waals surface area contributed by atoms with Crippen LogP contribution < -0.4 is 5.56 Å². The van der Waals surface area contributed by atoms with E-state index in [1.807, 2.05) is 0 Å². The molecule has 9 heteroatoms. The van der Waals surface area contributed by atoms with Crippen LogP contribution in [-0.4, -0.2) is 49.4 Å². The normalized spacial score (nSPS) is 22.6. The first kappa shape index (κ1) is 16.4. The predicted octanol–water partition coefficient (Wildman–Crippen LogP) is 0.625. The third-order valence-electron chi connectivity index (χ3n) is 4.27. The van der Waals surface area contributed by atoms with E-state index in [2.05, 4.69) is 15.0 Å². The van der Waals surface area contributed by atoms with E-state index in [0.29, 0.717) is 11.2 Å². The van der Waals surface area contributed by atoms with Gasteiger partial charge in [-0.25, -0.2) is 14.8 Å². The number of carbonyl (C=O) groups is 1. The van der Waals surface area contributed by atoms with E-state index in [9.17, 15) is 14.7 Å². The van der Waals surface area contributed by atoms with Gasteiger partial charge in [0.2, 0.25) is 0 Å². The average molecular weight is 356 g/mol. The molecule has 1 fully saturated rings. The Morgan fingerprint density at radius 2 is 2.15 bits per heavy atom. The second-order valence-corrected chi connectivity index (χ2v) is 5.95. The molecule has 1 aromatic carbocycles. The molecule has 3 heterocycles. The van der Waals surface area contributed by atoms with Crippen molar-refractivity contribution in [2.45, 2.75) is 24.9 Å². The summed E-state index contributed by atoms with van der Waals surface area (Å²) in [5, 5.41) is 10.2. The zero-order valence-electron chi connectivity index (χ0n) is 13.6. The topological polar surface area (TPSA) is 119 Å². The molecule has 2 N–H and O–H groups in total. The zero-order valence-corrected chi connectivity index (χ0v) is 13.6. The van der Waals surface area contributed by atoms with E-state index in [-0.39, 0.29) is 24.1 Å². The van der Waals surface area contributed by atoms with Crippen LogP contribution in [0.3, 0.4) is 0 Å². The molecule has 1 saturated heterocycles. The first-order valence-corrected chi connectivity index (χ1v) is 8.09. The maximum atomic E-state index is 12.0. The molecular formula is C17H16N4O5. The zero-order chi connectivity index (χ0) is 18.1. The second-order valence-electron chi connectivity index (χ2n) is 5.95. The minimum Gasteiger partial charge on any atom is -0.459 e. The van der Waals surface area contributed by atoms with Gasteiger partial charge < -0.3 is 19.6 Å². The molecule has 0 bridgehead atoms. The number of aliphatic hydroxyl groups is 1. The molecule has 3 atom stereocenters. The Bertz CT molecular complexity index is 983. The van der Waals surface area contributed by atoms with Crippen LogP contribution in [0.25, 0.3) is 11.2 Å². The van der Waals surface area contributed by atoms with Gasteiger partial charge in [0.1, 0.15) is 18.9 Å². The molecule has 0 amide bonds. The molecule has 0 spiro atoms. The van der Waals surface area contributed by atoms with Crippen molar-refractivity contribution in [1.82, 2.24) is 19.5 Å². The van der Waals surface area contributed by atoms with Gasteiger partial charge in [-0.15, -0.1) is 0 Å². The third kappa shape index (κ3) is 2.98. The van der Waals surface area contributed by atoms with Gasteiger partial charge in [-0.3, -0.25) is 9.36 Å². The number of rotatable bonds is 4. The summed E-state index contributed by atoms with van der Waals surface area (Å²) in [6.07, 6.45) is 0.962. The van der Waals surface area contributed by atoms with E-state index in [1.165, 1.54) is 12.7 Å². The molecule has 1 aliphatic heterocycles. The molecule has 134 valence electrons. The number of aromatic nitrogens is 4. The number of H-pyrrole nitrogens is 1. The summed E-state index contributed by atoms with van der Waals surface area (Å²) in [5.41, 5.74) is 0.652. The number of imidazole rings is 1. The molecule has 9 nitrogen and oxygen atoms in total. The predicted molar refractivity (Wildman–Crippen MR) is 89.4 cm³/mol. The van der Waals surface area contributed by atoms with Crippen molar-refractivity contribution < 1.29 is 19.4 Å². The molecule has 26 heavy (non-hydrogen) atoms. The first-order chi connectivity index (χ1) is 12.6. The lowest BCUT2D eigenvalue weighted by atomic mass is 10.2. The molecule has 0 aliphatic carbocycles. The monoisotopic (exact) mass is 356 g/mol. The quantitative estimate of drug-likeness (QED) is 0.658. The SMILES string of the molecule is O=C(OC[C@H]1O[C@@H](n2cnc3c(=O)[nH]cnc32)C[C@H]1O)c1ccccc1. The minimum absolute atomic E-state index is 0.0773. The average Bonchev–Trinajstić information content (AvgIpc) is 3.25. The largest absolute Gasteiger partial charge is 0.459 e. The van der Waals surface area contributed by atoms with Gasteiger partial charge in [-0.2, -0.15) is 0 Å². The minimum atomic E-state index is -0.817. The van der Waals surface area contributed by atoms with Crippen molar-refractivity contribution >= 4 is 17.1 Å². The van der Waals surface area contributed by atoms with Gasteiger partial charge in [0, 0.05) is 6.42 Å². The Hall–Kier alpha value is -3.04. The first-order valence-electron chi connectivity index (χ1n) is 8.09. The molecule has 0 saturated carbocycles. The number of esters is 1. The Kier molecular flexibility index (Phi) is 4.23. The molecule has 3 aromatic rings. The Morgan fingerprint density at radius 3 is 2.96 bits per heavy atom. The highest BCUT2D eigenvalue weighted by molar-refractivity contribution is 5.89. The highest BCUT2D eigenvalue weighted by Gasteiger charge is 2.36. The number of carbonyl (C=O) groups excluding carboxylic acids is 1. The molecule has 4 rings (SSSR count). The standard InChI is InChI=1S/C17H16N4O5/c22-11-6-13(21-9-20-14-15(21)18-8-19-16(14)23)26-12(11)7-25-17(24)10-4-2-1-3-5-10/h1-5,8-9,11-13,22H,6-7H2,(H,18,19,23)/t11-,12-,13-/m1/s1. The lowest BCUT2D eigenvalue weighted by Gasteiger charge is -2.15. The van der Waals surface area contributed by atoms with Crippen molar-refractivity contribution in [3.8, 4) is 0 Å². The number of fused-ring (bicyclic) bond motifs is 1. The second kappa shape index (κ2) is 6.70. The lowest BCUT2D eigenvalue weighted by molar-refractivity contribution is -0.0509. The Morgan fingerprint density at radius 1 is 1.35 bits per heavy atom. The molecule has 0 radical (unpaired) electrons. The van der Waals surface area contributed by atoms with E-state index < -0.39 is 24.4 Å². The van der Waals surface area contributed by atoms with Crippen molar-refractivity contribution in [3.05, 3.63) is 58.9 Å². The van der Waals surface area contributed by atoms with Crippen LogP contribution in [0, 0.1) is 0 Å². The number of nitrogens with one attached hydrogen (secondary N) is 1. The lowest BCUT2D eigenvalue weighted by Crippen LogP contribution is -2.28. The summed E-state index contributed by atoms with van der Waals surface area (Å²) in [6, 6.07) is 8.59. The van der Waals surface area contributed by atoms with Gasteiger partial charge >= 0.3 is 5.97 Å².